The van der Waals surface area contributed by atoms with Gasteiger partial charge in [0.2, 0.25) is 0 Å². The van der Waals surface area contributed by atoms with Crippen molar-refractivity contribution in [1.29, 1.82) is 0 Å². The van der Waals surface area contributed by atoms with E-state index >= 15 is 0 Å². The molecule has 0 aromatic heterocycles. The Morgan fingerprint density at radius 3 is 1.90 bits per heavy atom. The van der Waals surface area contributed by atoms with Crippen LogP contribution < -0.4 is 5.32 Å². The molecule has 0 unspecified atom stereocenters. The average molecular weight is 347 g/mol. The Kier molecular flexibility index (Phi) is 8.02. The highest BCUT2D eigenvalue weighted by atomic mass is 35.5. The predicted molar refractivity (Wildman–Crippen MR) is 79.1 cm³/mol. The summed E-state index contributed by atoms with van der Waals surface area (Å²) >= 11 is 0. The standard InChI is InChI=1S/C12H16F2N2O3.2ClH/c13-12(14)11(16-3-1-15-2-4-16)10-8(18)5-7(17)6-9(10)19;;/h5-6,11-12,15,17-19H,1-4H2;2*1H/t11-;;/m0../s1. The maximum atomic E-state index is 13.3. The Bertz CT molecular complexity index is 437. The van der Waals surface area contributed by atoms with E-state index in [1.807, 2.05) is 0 Å². The topological polar surface area (TPSA) is 76.0 Å². The molecule has 1 aliphatic rings. The molecule has 1 saturated heterocycles. The van der Waals surface area contributed by atoms with Crippen LogP contribution in [0.5, 0.6) is 17.2 Å². The van der Waals surface area contributed by atoms with Crippen molar-refractivity contribution >= 4 is 24.8 Å². The van der Waals surface area contributed by atoms with Crippen molar-refractivity contribution in [2.45, 2.75) is 12.5 Å². The number of rotatable bonds is 3. The van der Waals surface area contributed by atoms with Gasteiger partial charge in [-0.25, -0.2) is 8.78 Å². The van der Waals surface area contributed by atoms with Gasteiger partial charge >= 0.3 is 0 Å². The van der Waals surface area contributed by atoms with Gasteiger partial charge in [-0.05, 0) is 0 Å². The van der Waals surface area contributed by atoms with Gasteiger partial charge in [0, 0.05) is 38.3 Å². The lowest BCUT2D eigenvalue weighted by atomic mass is 10.0. The number of hydrogen-bond acceptors (Lipinski definition) is 5. The highest BCUT2D eigenvalue weighted by molar-refractivity contribution is 5.85. The molecule has 4 N–H and O–H groups in total. The summed E-state index contributed by atoms with van der Waals surface area (Å²) in [6.07, 6.45) is -2.75. The molecule has 1 fully saturated rings. The van der Waals surface area contributed by atoms with Crippen LogP contribution >= 0.6 is 24.8 Å². The molecule has 2 rings (SSSR count). The van der Waals surface area contributed by atoms with E-state index < -0.39 is 24.0 Å². The first-order valence-electron chi connectivity index (χ1n) is 5.98. The van der Waals surface area contributed by atoms with Crippen LogP contribution in [0.2, 0.25) is 0 Å². The van der Waals surface area contributed by atoms with Gasteiger partial charge < -0.3 is 20.6 Å². The maximum absolute atomic E-state index is 13.3. The van der Waals surface area contributed by atoms with Crippen molar-refractivity contribution in [2.75, 3.05) is 26.2 Å². The first-order chi connectivity index (χ1) is 9.00. The zero-order valence-electron chi connectivity index (χ0n) is 11.0. The van der Waals surface area contributed by atoms with Gasteiger partial charge in [0.1, 0.15) is 23.3 Å². The second-order valence-corrected chi connectivity index (χ2v) is 4.46. The van der Waals surface area contributed by atoms with Crippen LogP contribution in [0.4, 0.5) is 8.78 Å². The molecule has 1 aromatic carbocycles. The van der Waals surface area contributed by atoms with Crippen LogP contribution in [0.3, 0.4) is 0 Å². The van der Waals surface area contributed by atoms with E-state index in [0.29, 0.717) is 26.2 Å². The Balaban J connectivity index is 0.00000200. The van der Waals surface area contributed by atoms with E-state index in [0.717, 1.165) is 12.1 Å². The molecule has 0 radical (unpaired) electrons. The van der Waals surface area contributed by atoms with Crippen molar-refractivity contribution in [3.63, 3.8) is 0 Å². The minimum atomic E-state index is -2.75. The van der Waals surface area contributed by atoms with Gasteiger partial charge in [0.15, 0.2) is 0 Å². The summed E-state index contributed by atoms with van der Waals surface area (Å²) in [6.45, 7) is 1.94. The molecule has 0 spiro atoms. The maximum Gasteiger partial charge on any atom is 0.258 e. The third-order valence-corrected chi connectivity index (χ3v) is 3.20. The molecule has 1 atom stereocenters. The number of halogens is 4. The Morgan fingerprint density at radius 2 is 1.48 bits per heavy atom. The summed E-state index contributed by atoms with van der Waals surface area (Å²) in [7, 11) is 0. The van der Waals surface area contributed by atoms with Crippen LogP contribution in [0.1, 0.15) is 11.6 Å². The average Bonchev–Trinajstić information content (AvgIpc) is 2.34. The second kappa shape index (κ2) is 8.43. The Hall–Kier alpha value is -1.02. The quantitative estimate of drug-likeness (QED) is 0.672. The lowest BCUT2D eigenvalue weighted by Crippen LogP contribution is -2.46. The SMILES string of the molecule is Cl.Cl.Oc1cc(O)c([C@@H](C(F)F)N2CCNCC2)c(O)c1. The molecular weight excluding hydrogens is 329 g/mol. The summed E-state index contributed by atoms with van der Waals surface area (Å²) in [5, 5.41) is 31.7. The predicted octanol–water partition coefficient (Wildman–Crippen LogP) is 1.86. The van der Waals surface area contributed by atoms with Crippen LogP contribution in [-0.2, 0) is 0 Å². The molecule has 1 aromatic rings. The molecule has 9 heteroatoms. The highest BCUT2D eigenvalue weighted by Crippen LogP contribution is 2.41. The number of phenolic OH excluding ortho intramolecular Hbond substituents is 3. The summed E-state index contributed by atoms with van der Waals surface area (Å²) in [5.74, 6) is -1.42. The van der Waals surface area contributed by atoms with Gasteiger partial charge in [0.25, 0.3) is 6.43 Å². The molecule has 0 aliphatic carbocycles. The first kappa shape index (κ1) is 20.0. The molecule has 0 saturated carbocycles. The fourth-order valence-electron chi connectivity index (χ4n) is 2.34. The van der Waals surface area contributed by atoms with Crippen LogP contribution in [-0.4, -0.2) is 52.8 Å². The molecule has 5 nitrogen and oxygen atoms in total. The molecular formula is C12H18Cl2F2N2O3. The number of nitrogens with zero attached hydrogens (tertiary/aromatic N) is 1. The number of phenols is 3. The number of hydrogen-bond donors (Lipinski definition) is 4. The lowest BCUT2D eigenvalue weighted by Gasteiger charge is -2.35. The minimum Gasteiger partial charge on any atom is -0.508 e. The normalized spacial score (nSPS) is 16.9. The van der Waals surface area contributed by atoms with Crippen LogP contribution in [0, 0.1) is 0 Å². The van der Waals surface area contributed by atoms with E-state index in [-0.39, 0.29) is 36.1 Å². The summed E-state index contributed by atoms with van der Waals surface area (Å²) < 4.78 is 26.6. The van der Waals surface area contributed by atoms with Gasteiger partial charge in [0.05, 0.1) is 5.56 Å². The van der Waals surface area contributed by atoms with E-state index in [1.54, 1.807) is 0 Å². The van der Waals surface area contributed by atoms with E-state index in [1.165, 1.54) is 4.90 Å². The third-order valence-electron chi connectivity index (χ3n) is 3.20. The van der Waals surface area contributed by atoms with Crippen LogP contribution in [0.25, 0.3) is 0 Å². The minimum absolute atomic E-state index is 0. The smallest absolute Gasteiger partial charge is 0.258 e. The largest absolute Gasteiger partial charge is 0.508 e. The second-order valence-electron chi connectivity index (χ2n) is 4.46. The zero-order valence-corrected chi connectivity index (χ0v) is 12.6. The van der Waals surface area contributed by atoms with E-state index in [4.69, 9.17) is 0 Å². The molecule has 122 valence electrons. The summed E-state index contributed by atoms with van der Waals surface area (Å²) in [5.41, 5.74) is -0.241. The lowest BCUT2D eigenvalue weighted by molar-refractivity contribution is 0.0158. The molecule has 0 amide bonds. The Morgan fingerprint density at radius 1 is 1.00 bits per heavy atom. The van der Waals surface area contributed by atoms with Crippen LogP contribution in [0.15, 0.2) is 12.1 Å². The first-order valence-corrected chi connectivity index (χ1v) is 5.98. The van der Waals surface area contributed by atoms with Crippen molar-refractivity contribution in [2.24, 2.45) is 0 Å². The van der Waals surface area contributed by atoms with Gasteiger partial charge in [-0.1, -0.05) is 0 Å². The van der Waals surface area contributed by atoms with Crippen molar-refractivity contribution in [3.05, 3.63) is 17.7 Å². The number of nitrogens with one attached hydrogen (secondary N) is 1. The number of piperazine rings is 1. The number of alkyl halides is 2. The number of benzene rings is 1. The molecule has 1 aliphatic heterocycles. The summed E-state index contributed by atoms with van der Waals surface area (Å²) in [6, 6.07) is 0.516. The van der Waals surface area contributed by atoms with Gasteiger partial charge in [-0.2, -0.15) is 0 Å². The Labute approximate surface area is 133 Å². The van der Waals surface area contributed by atoms with Crippen molar-refractivity contribution in [3.8, 4) is 17.2 Å². The fourth-order valence-corrected chi connectivity index (χ4v) is 2.34. The number of aromatic hydroxyl groups is 3. The highest BCUT2D eigenvalue weighted by Gasteiger charge is 2.34. The van der Waals surface area contributed by atoms with Crippen molar-refractivity contribution in [1.82, 2.24) is 10.2 Å². The monoisotopic (exact) mass is 346 g/mol. The van der Waals surface area contributed by atoms with E-state index in [2.05, 4.69) is 5.32 Å². The summed E-state index contributed by atoms with van der Waals surface area (Å²) in [4.78, 5) is 1.51. The van der Waals surface area contributed by atoms with Gasteiger partial charge in [-0.15, -0.1) is 24.8 Å². The zero-order chi connectivity index (χ0) is 14.0. The van der Waals surface area contributed by atoms with Crippen molar-refractivity contribution < 1.29 is 24.1 Å². The van der Waals surface area contributed by atoms with E-state index in [9.17, 15) is 24.1 Å². The molecule has 21 heavy (non-hydrogen) atoms. The molecule has 1 heterocycles. The van der Waals surface area contributed by atoms with Gasteiger partial charge in [-0.3, -0.25) is 4.90 Å². The third kappa shape index (κ3) is 4.47. The molecule has 0 bridgehead atoms. The fraction of sp³-hybridized carbons (Fsp3) is 0.500.